The van der Waals surface area contributed by atoms with E-state index in [1.165, 1.54) is 29.2 Å². The van der Waals surface area contributed by atoms with Crippen molar-refractivity contribution in [2.75, 3.05) is 5.73 Å². The third kappa shape index (κ3) is 2.05. The molecule has 0 amide bonds. The maximum absolute atomic E-state index is 13.3. The number of aromatic nitrogens is 1. The van der Waals surface area contributed by atoms with Gasteiger partial charge in [0.25, 0.3) is 0 Å². The molecule has 0 fully saturated rings. The Balaban J connectivity index is 2.25. The average Bonchev–Trinajstić information content (AvgIpc) is 2.62. The minimum atomic E-state index is -0.301. The molecular weight excluding hydrogens is 219 g/mol. The van der Waals surface area contributed by atoms with Crippen LogP contribution in [0.2, 0.25) is 0 Å². The third-order valence-corrected chi connectivity index (χ3v) is 3.50. The number of hydrogen-bond donors (Lipinski definition) is 1. The maximum Gasteiger partial charge on any atom is 0.154 e. The summed E-state index contributed by atoms with van der Waals surface area (Å²) in [7, 11) is 0. The van der Waals surface area contributed by atoms with Gasteiger partial charge in [0.15, 0.2) is 4.34 Å². The average molecular weight is 226 g/mol. The predicted octanol–water partition coefficient (Wildman–Crippen LogP) is 3.02. The zero-order valence-electron chi connectivity index (χ0n) is 7.11. The van der Waals surface area contributed by atoms with E-state index in [1.54, 1.807) is 18.3 Å². The van der Waals surface area contributed by atoms with Crippen LogP contribution < -0.4 is 5.73 Å². The summed E-state index contributed by atoms with van der Waals surface area (Å²) in [5.41, 5.74) is 5.87. The van der Waals surface area contributed by atoms with Crippen molar-refractivity contribution in [1.29, 1.82) is 0 Å². The van der Waals surface area contributed by atoms with Crippen molar-refractivity contribution in [2.24, 2.45) is 0 Å². The van der Waals surface area contributed by atoms with E-state index in [-0.39, 0.29) is 5.82 Å². The zero-order valence-corrected chi connectivity index (χ0v) is 8.74. The lowest BCUT2D eigenvalue weighted by Crippen LogP contribution is -1.87. The van der Waals surface area contributed by atoms with Crippen molar-refractivity contribution in [3.05, 3.63) is 35.6 Å². The van der Waals surface area contributed by atoms with E-state index in [1.807, 2.05) is 5.38 Å². The molecule has 0 radical (unpaired) electrons. The second kappa shape index (κ2) is 3.98. The standard InChI is InChI=1S/C9H7FN2S2/c10-7-5-6(11)1-2-8(7)14-9-12-3-4-13-9/h1-5H,11H2. The first-order chi connectivity index (χ1) is 6.75. The molecule has 0 saturated carbocycles. The van der Waals surface area contributed by atoms with Crippen molar-refractivity contribution in [3.8, 4) is 0 Å². The van der Waals surface area contributed by atoms with Crippen LogP contribution in [-0.2, 0) is 0 Å². The van der Waals surface area contributed by atoms with Crippen LogP contribution in [0.15, 0.2) is 39.0 Å². The fraction of sp³-hybridized carbons (Fsp3) is 0. The van der Waals surface area contributed by atoms with E-state index >= 15 is 0 Å². The number of benzene rings is 1. The Hall–Kier alpha value is -1.07. The van der Waals surface area contributed by atoms with Crippen LogP contribution in [0.4, 0.5) is 10.1 Å². The summed E-state index contributed by atoms with van der Waals surface area (Å²) >= 11 is 2.79. The highest BCUT2D eigenvalue weighted by molar-refractivity contribution is 8.01. The largest absolute Gasteiger partial charge is 0.399 e. The van der Waals surface area contributed by atoms with Gasteiger partial charge in [0.2, 0.25) is 0 Å². The van der Waals surface area contributed by atoms with Crippen molar-refractivity contribution < 1.29 is 4.39 Å². The molecule has 1 aromatic heterocycles. The number of rotatable bonds is 2. The number of anilines is 1. The highest BCUT2D eigenvalue weighted by Crippen LogP contribution is 2.31. The van der Waals surface area contributed by atoms with Gasteiger partial charge in [-0.05, 0) is 18.2 Å². The van der Waals surface area contributed by atoms with Gasteiger partial charge < -0.3 is 5.73 Å². The first kappa shape index (κ1) is 9.48. The van der Waals surface area contributed by atoms with Crippen LogP contribution in [0.5, 0.6) is 0 Å². The van der Waals surface area contributed by atoms with Gasteiger partial charge in [-0.1, -0.05) is 11.8 Å². The van der Waals surface area contributed by atoms with E-state index < -0.39 is 0 Å². The minimum Gasteiger partial charge on any atom is -0.399 e. The fourth-order valence-corrected chi connectivity index (χ4v) is 2.54. The van der Waals surface area contributed by atoms with Crippen LogP contribution >= 0.6 is 23.1 Å². The Labute approximate surface area is 89.0 Å². The SMILES string of the molecule is Nc1ccc(Sc2nccs2)c(F)c1. The minimum absolute atomic E-state index is 0.301. The molecule has 0 aliphatic heterocycles. The molecule has 14 heavy (non-hydrogen) atoms. The van der Waals surface area contributed by atoms with E-state index in [9.17, 15) is 4.39 Å². The smallest absolute Gasteiger partial charge is 0.154 e. The molecule has 0 aliphatic rings. The van der Waals surface area contributed by atoms with E-state index in [4.69, 9.17) is 5.73 Å². The van der Waals surface area contributed by atoms with Gasteiger partial charge in [-0.3, -0.25) is 0 Å². The molecule has 2 aromatic rings. The van der Waals surface area contributed by atoms with Gasteiger partial charge in [-0.2, -0.15) is 0 Å². The van der Waals surface area contributed by atoms with Gasteiger partial charge in [-0.15, -0.1) is 11.3 Å². The maximum atomic E-state index is 13.3. The number of hydrogen-bond acceptors (Lipinski definition) is 4. The summed E-state index contributed by atoms with van der Waals surface area (Å²) in [6.07, 6.45) is 1.70. The Morgan fingerprint density at radius 1 is 1.43 bits per heavy atom. The molecular formula is C9H7FN2S2. The van der Waals surface area contributed by atoms with Crippen molar-refractivity contribution in [2.45, 2.75) is 9.24 Å². The summed E-state index contributed by atoms with van der Waals surface area (Å²) in [6, 6.07) is 4.66. The zero-order chi connectivity index (χ0) is 9.97. The fourth-order valence-electron chi connectivity index (χ4n) is 0.955. The molecule has 0 saturated heterocycles. The van der Waals surface area contributed by atoms with Gasteiger partial charge in [0, 0.05) is 17.3 Å². The summed E-state index contributed by atoms with van der Waals surface area (Å²) in [5.74, 6) is -0.301. The van der Waals surface area contributed by atoms with Crippen LogP contribution in [0, 0.1) is 5.82 Å². The Kier molecular flexibility index (Phi) is 2.69. The summed E-state index contributed by atoms with van der Waals surface area (Å²) in [5, 5.41) is 1.86. The highest BCUT2D eigenvalue weighted by Gasteiger charge is 2.05. The monoisotopic (exact) mass is 226 g/mol. The van der Waals surface area contributed by atoms with Gasteiger partial charge in [0.1, 0.15) is 5.82 Å². The second-order valence-electron chi connectivity index (χ2n) is 2.59. The molecule has 2 N–H and O–H groups in total. The highest BCUT2D eigenvalue weighted by atomic mass is 32.2. The topological polar surface area (TPSA) is 38.9 Å². The van der Waals surface area contributed by atoms with Crippen molar-refractivity contribution >= 4 is 28.8 Å². The molecule has 0 bridgehead atoms. The van der Waals surface area contributed by atoms with Crippen LogP contribution in [0.25, 0.3) is 0 Å². The van der Waals surface area contributed by atoms with Crippen LogP contribution in [0.3, 0.4) is 0 Å². The van der Waals surface area contributed by atoms with Gasteiger partial charge in [-0.25, -0.2) is 9.37 Å². The normalized spacial score (nSPS) is 10.4. The molecule has 0 unspecified atom stereocenters. The summed E-state index contributed by atoms with van der Waals surface area (Å²) in [6.45, 7) is 0. The van der Waals surface area contributed by atoms with E-state index in [2.05, 4.69) is 4.98 Å². The lowest BCUT2D eigenvalue weighted by molar-refractivity contribution is 0.603. The molecule has 5 heteroatoms. The molecule has 0 atom stereocenters. The van der Waals surface area contributed by atoms with E-state index in [0.717, 1.165) is 4.34 Å². The first-order valence-electron chi connectivity index (χ1n) is 3.88. The van der Waals surface area contributed by atoms with E-state index in [0.29, 0.717) is 10.6 Å². The number of halogens is 1. The van der Waals surface area contributed by atoms with Gasteiger partial charge >= 0.3 is 0 Å². The number of thiazole rings is 1. The molecule has 1 aromatic carbocycles. The quantitative estimate of drug-likeness (QED) is 0.800. The Morgan fingerprint density at radius 3 is 2.93 bits per heavy atom. The van der Waals surface area contributed by atoms with Crippen LogP contribution in [0.1, 0.15) is 0 Å². The molecule has 1 heterocycles. The molecule has 2 rings (SSSR count). The first-order valence-corrected chi connectivity index (χ1v) is 5.58. The number of nitrogens with zero attached hydrogens (tertiary/aromatic N) is 1. The van der Waals surface area contributed by atoms with Gasteiger partial charge in [0.05, 0.1) is 4.90 Å². The number of nitrogen functional groups attached to an aromatic ring is 1. The molecule has 72 valence electrons. The lowest BCUT2D eigenvalue weighted by Gasteiger charge is -2.00. The second-order valence-corrected chi connectivity index (χ2v) is 4.77. The predicted molar refractivity (Wildman–Crippen MR) is 57.0 cm³/mol. The molecule has 0 aliphatic carbocycles. The Morgan fingerprint density at radius 2 is 2.29 bits per heavy atom. The van der Waals surface area contributed by atoms with Crippen LogP contribution in [-0.4, -0.2) is 4.98 Å². The molecule has 0 spiro atoms. The Bertz CT molecular complexity index is 428. The van der Waals surface area contributed by atoms with Crippen molar-refractivity contribution in [3.63, 3.8) is 0 Å². The third-order valence-electron chi connectivity index (χ3n) is 1.56. The van der Waals surface area contributed by atoms with Crippen molar-refractivity contribution in [1.82, 2.24) is 4.98 Å². The summed E-state index contributed by atoms with van der Waals surface area (Å²) < 4.78 is 14.1. The lowest BCUT2D eigenvalue weighted by atomic mass is 10.3. The summed E-state index contributed by atoms with van der Waals surface area (Å²) in [4.78, 5) is 4.61. The molecule has 2 nitrogen and oxygen atoms in total. The number of nitrogens with two attached hydrogens (primary N) is 1.